The number of hydroxylamine groups is 2. The molecule has 0 bridgehead atoms. The molecule has 3 aromatic rings. The van der Waals surface area contributed by atoms with Crippen LogP contribution in [-0.4, -0.2) is 31.6 Å². The molecule has 5 nitrogen and oxygen atoms in total. The molecule has 142 valence electrons. The highest BCUT2D eigenvalue weighted by Gasteiger charge is 2.30. The van der Waals surface area contributed by atoms with E-state index in [0.717, 1.165) is 10.1 Å². The molecular weight excluding hydrogens is 429 g/mol. The van der Waals surface area contributed by atoms with Crippen LogP contribution in [0.5, 0.6) is 0 Å². The first kappa shape index (κ1) is 20.1. The second-order valence-corrected chi connectivity index (χ2v) is 9.94. The molecule has 2 aromatic carbocycles. The lowest BCUT2D eigenvalue weighted by atomic mass is 10.1. The van der Waals surface area contributed by atoms with Crippen molar-refractivity contribution in [3.8, 4) is 0 Å². The van der Waals surface area contributed by atoms with Crippen molar-refractivity contribution in [1.82, 2.24) is 5.06 Å². The van der Waals surface area contributed by atoms with Crippen molar-refractivity contribution < 1.29 is 18.4 Å². The highest BCUT2D eigenvalue weighted by atomic mass is 35.5. The number of halogens is 2. The van der Waals surface area contributed by atoms with E-state index in [4.69, 9.17) is 23.2 Å². The van der Waals surface area contributed by atoms with E-state index >= 15 is 0 Å². The second kappa shape index (κ2) is 8.16. The third kappa shape index (κ3) is 4.62. The van der Waals surface area contributed by atoms with Gasteiger partial charge in [-0.25, -0.2) is 13.5 Å². The first-order valence-corrected chi connectivity index (χ1v) is 11.2. The molecule has 9 heteroatoms. The molecular formula is C18H15Cl2NO4S2. The first-order chi connectivity index (χ1) is 12.8. The third-order valence-electron chi connectivity index (χ3n) is 4.11. The zero-order chi connectivity index (χ0) is 19.6. The maximum absolute atomic E-state index is 13.1. The van der Waals surface area contributed by atoms with E-state index in [2.05, 4.69) is 0 Å². The van der Waals surface area contributed by atoms with E-state index in [1.54, 1.807) is 17.4 Å². The van der Waals surface area contributed by atoms with Gasteiger partial charge in [0.05, 0.1) is 22.3 Å². The van der Waals surface area contributed by atoms with Crippen LogP contribution in [0.15, 0.2) is 47.8 Å². The molecule has 0 radical (unpaired) electrons. The Hall–Kier alpha value is -1.64. The van der Waals surface area contributed by atoms with Crippen molar-refractivity contribution in [3.63, 3.8) is 0 Å². The van der Waals surface area contributed by atoms with Gasteiger partial charge in [-0.2, -0.15) is 0 Å². The molecule has 0 saturated carbocycles. The van der Waals surface area contributed by atoms with Gasteiger partial charge < -0.3 is 0 Å². The summed E-state index contributed by atoms with van der Waals surface area (Å²) in [6, 6.07) is 11.8. The number of thiophene rings is 1. The molecule has 0 spiro atoms. The Labute approximate surface area is 170 Å². The molecule has 3 rings (SSSR count). The molecule has 1 heterocycles. The number of rotatable bonds is 7. The summed E-state index contributed by atoms with van der Waals surface area (Å²) in [5, 5.41) is 12.2. The van der Waals surface area contributed by atoms with Gasteiger partial charge in [-0.1, -0.05) is 35.3 Å². The van der Waals surface area contributed by atoms with Crippen molar-refractivity contribution in [2.24, 2.45) is 0 Å². The Morgan fingerprint density at radius 1 is 1.11 bits per heavy atom. The Morgan fingerprint density at radius 3 is 2.59 bits per heavy atom. The molecule has 0 aliphatic heterocycles. The minimum atomic E-state index is -3.77. The standard InChI is InChI=1S/C18H15Cl2NO4S2/c19-15-3-2-14(8-16(15)20)18(9-21(23)11-22)27(24,25)10-12-1-4-17-13(7-12)5-6-26-17/h1-8,11,18,23H,9-10H2. The zero-order valence-electron chi connectivity index (χ0n) is 13.9. The summed E-state index contributed by atoms with van der Waals surface area (Å²) in [6.07, 6.45) is 0.164. The number of sulfone groups is 1. The lowest BCUT2D eigenvalue weighted by Crippen LogP contribution is -2.29. The number of hydrogen-bond donors (Lipinski definition) is 1. The quantitative estimate of drug-likeness (QED) is 0.325. The second-order valence-electron chi connectivity index (χ2n) is 5.99. The maximum Gasteiger partial charge on any atom is 0.233 e. The van der Waals surface area contributed by atoms with E-state index in [9.17, 15) is 18.4 Å². The smallest absolute Gasteiger partial charge is 0.233 e. The van der Waals surface area contributed by atoms with Gasteiger partial charge in [0.2, 0.25) is 6.41 Å². The van der Waals surface area contributed by atoms with Gasteiger partial charge in [0.25, 0.3) is 0 Å². The molecule has 0 saturated heterocycles. The number of nitrogens with zero attached hydrogens (tertiary/aromatic N) is 1. The third-order valence-corrected chi connectivity index (χ3v) is 7.77. The molecule has 1 aromatic heterocycles. The van der Waals surface area contributed by atoms with E-state index in [-0.39, 0.29) is 22.2 Å². The molecule has 1 unspecified atom stereocenters. The fourth-order valence-corrected chi connectivity index (χ4v) is 5.65. The van der Waals surface area contributed by atoms with E-state index in [1.807, 2.05) is 23.6 Å². The van der Waals surface area contributed by atoms with E-state index in [0.29, 0.717) is 16.2 Å². The van der Waals surface area contributed by atoms with E-state index in [1.165, 1.54) is 18.2 Å². The van der Waals surface area contributed by atoms with E-state index < -0.39 is 21.6 Å². The fraction of sp³-hybridized carbons (Fsp3) is 0.167. The van der Waals surface area contributed by atoms with Gasteiger partial charge in [0.15, 0.2) is 9.84 Å². The predicted molar refractivity (Wildman–Crippen MR) is 108 cm³/mol. The largest absolute Gasteiger partial charge is 0.286 e. The summed E-state index contributed by atoms with van der Waals surface area (Å²) in [5.41, 5.74) is 0.975. The van der Waals surface area contributed by atoms with Gasteiger partial charge >= 0.3 is 0 Å². The van der Waals surface area contributed by atoms with Crippen molar-refractivity contribution in [2.45, 2.75) is 11.0 Å². The van der Waals surface area contributed by atoms with Crippen LogP contribution in [0.3, 0.4) is 0 Å². The first-order valence-electron chi connectivity index (χ1n) is 7.83. The summed E-state index contributed by atoms with van der Waals surface area (Å²) >= 11 is 13.5. The summed E-state index contributed by atoms with van der Waals surface area (Å²) < 4.78 is 27.3. The predicted octanol–water partition coefficient (Wildman–Crippen LogP) is 4.71. The highest BCUT2D eigenvalue weighted by molar-refractivity contribution is 7.90. The van der Waals surface area contributed by atoms with Crippen molar-refractivity contribution in [1.29, 1.82) is 0 Å². The Balaban J connectivity index is 1.97. The summed E-state index contributed by atoms with van der Waals surface area (Å²) in [7, 11) is -3.77. The van der Waals surface area contributed by atoms with Gasteiger partial charge in [0, 0.05) is 4.70 Å². The monoisotopic (exact) mass is 443 g/mol. The van der Waals surface area contributed by atoms with Crippen LogP contribution in [0.25, 0.3) is 10.1 Å². The molecule has 1 atom stereocenters. The van der Waals surface area contributed by atoms with Crippen LogP contribution in [0.2, 0.25) is 10.0 Å². The zero-order valence-corrected chi connectivity index (χ0v) is 17.0. The van der Waals surface area contributed by atoms with Gasteiger partial charge in [-0.3, -0.25) is 10.0 Å². The average Bonchev–Trinajstić information content (AvgIpc) is 3.09. The topological polar surface area (TPSA) is 74.7 Å². The van der Waals surface area contributed by atoms with Crippen molar-refractivity contribution in [2.75, 3.05) is 6.54 Å². The molecule has 1 amide bonds. The SMILES string of the molecule is O=CN(O)CC(c1ccc(Cl)c(Cl)c1)S(=O)(=O)Cc1ccc2sccc2c1. The van der Waals surface area contributed by atoms with Gasteiger partial charge in [0.1, 0.15) is 5.25 Å². The minimum absolute atomic E-state index is 0.164. The lowest BCUT2D eigenvalue weighted by molar-refractivity contribution is -0.149. The minimum Gasteiger partial charge on any atom is -0.286 e. The van der Waals surface area contributed by atoms with Crippen molar-refractivity contribution in [3.05, 3.63) is 69.0 Å². The Morgan fingerprint density at radius 2 is 1.89 bits per heavy atom. The van der Waals surface area contributed by atoms with Crippen LogP contribution < -0.4 is 0 Å². The average molecular weight is 444 g/mol. The van der Waals surface area contributed by atoms with Crippen LogP contribution in [0, 0.1) is 0 Å². The number of amides is 1. The maximum atomic E-state index is 13.1. The fourth-order valence-electron chi connectivity index (χ4n) is 2.79. The lowest BCUT2D eigenvalue weighted by Gasteiger charge is -2.21. The van der Waals surface area contributed by atoms with Gasteiger partial charge in [-0.15, -0.1) is 11.3 Å². The summed E-state index contributed by atoms with van der Waals surface area (Å²) in [5.74, 6) is -0.240. The van der Waals surface area contributed by atoms with Crippen molar-refractivity contribution >= 4 is 60.9 Å². The number of carbonyl (C=O) groups excluding carboxylic acids is 1. The summed E-state index contributed by atoms with van der Waals surface area (Å²) in [4.78, 5) is 10.8. The number of hydrogen-bond acceptors (Lipinski definition) is 5. The van der Waals surface area contributed by atoms with Gasteiger partial charge in [-0.05, 0) is 52.2 Å². The molecule has 0 aliphatic carbocycles. The Kier molecular flexibility index (Phi) is 6.08. The number of carbonyl (C=O) groups is 1. The number of fused-ring (bicyclic) bond motifs is 1. The molecule has 0 fully saturated rings. The number of benzene rings is 2. The normalized spacial score (nSPS) is 12.9. The van der Waals surface area contributed by atoms with Crippen LogP contribution in [-0.2, 0) is 20.4 Å². The summed E-state index contributed by atoms with van der Waals surface area (Å²) in [6.45, 7) is -0.412. The van der Waals surface area contributed by atoms with Crippen LogP contribution in [0.4, 0.5) is 0 Å². The molecule has 0 aliphatic rings. The highest BCUT2D eigenvalue weighted by Crippen LogP contribution is 2.32. The molecule has 1 N–H and O–H groups in total. The van der Waals surface area contributed by atoms with Crippen LogP contribution in [0.1, 0.15) is 16.4 Å². The Bertz CT molecular complexity index is 1080. The molecule has 27 heavy (non-hydrogen) atoms. The van der Waals surface area contributed by atoms with Crippen LogP contribution >= 0.6 is 34.5 Å².